The van der Waals surface area contributed by atoms with Gasteiger partial charge in [-0.1, -0.05) is 11.8 Å². The molecule has 0 amide bonds. The van der Waals surface area contributed by atoms with E-state index in [1.807, 2.05) is 22.9 Å². The number of esters is 2. The molecule has 4 heterocycles. The molecule has 0 bridgehead atoms. The minimum absolute atomic E-state index is 0.304. The second kappa shape index (κ2) is 8.97. The number of nitrogens with zero attached hydrogens (tertiary/aromatic N) is 4. The third-order valence-electron chi connectivity index (χ3n) is 4.22. The van der Waals surface area contributed by atoms with E-state index in [2.05, 4.69) is 9.97 Å². The van der Waals surface area contributed by atoms with Gasteiger partial charge in [0.1, 0.15) is 6.23 Å². The highest BCUT2D eigenvalue weighted by atomic mass is 32.2. The van der Waals surface area contributed by atoms with Crippen molar-refractivity contribution in [2.45, 2.75) is 39.1 Å². The third kappa shape index (κ3) is 4.16. The lowest BCUT2D eigenvalue weighted by atomic mass is 10.3. The fourth-order valence-corrected chi connectivity index (χ4v) is 4.61. The van der Waals surface area contributed by atoms with Gasteiger partial charge in [0, 0.05) is 17.3 Å². The molecule has 1 aliphatic heterocycles. The fraction of sp³-hybridized carbons (Fsp3) is 0.444. The first-order valence-electron chi connectivity index (χ1n) is 9.05. The monoisotopic (exact) mass is 438 g/mol. The Bertz CT molecular complexity index is 1040. The minimum Gasteiger partial charge on any atom is -0.461 e. The van der Waals surface area contributed by atoms with E-state index in [1.54, 1.807) is 25.3 Å². The van der Waals surface area contributed by atoms with Crippen LogP contribution < -0.4 is 0 Å². The number of aliphatic hydroxyl groups excluding tert-OH is 1. The largest absolute Gasteiger partial charge is 0.461 e. The Labute approximate surface area is 175 Å². The number of carbonyl (C=O) groups is 2. The molecule has 156 valence electrons. The molecule has 1 N–H and O–H groups in total. The molecule has 3 aromatic rings. The number of aromatic nitrogens is 4. The van der Waals surface area contributed by atoms with E-state index in [0.29, 0.717) is 41.2 Å². The maximum atomic E-state index is 11.5. The van der Waals surface area contributed by atoms with Crippen molar-refractivity contribution in [2.24, 2.45) is 0 Å². The summed E-state index contributed by atoms with van der Waals surface area (Å²) in [6.07, 6.45) is 1.31. The van der Waals surface area contributed by atoms with Gasteiger partial charge in [0.05, 0.1) is 24.6 Å². The van der Waals surface area contributed by atoms with E-state index in [1.165, 1.54) is 23.1 Å². The van der Waals surface area contributed by atoms with Crippen LogP contribution in [0.1, 0.15) is 52.4 Å². The molecule has 1 unspecified atom stereocenters. The number of fused-ring (bicyclic) bond motifs is 2. The van der Waals surface area contributed by atoms with Crippen molar-refractivity contribution in [3.63, 3.8) is 0 Å². The van der Waals surface area contributed by atoms with E-state index in [4.69, 9.17) is 9.47 Å². The molecule has 3 aromatic heterocycles. The number of carbonyl (C=O) groups excluding carboxylic acids is 2. The molecule has 0 radical (unpaired) electrons. The molecule has 0 aromatic carbocycles. The summed E-state index contributed by atoms with van der Waals surface area (Å²) in [7, 11) is 0. The van der Waals surface area contributed by atoms with Crippen molar-refractivity contribution < 1.29 is 24.2 Å². The van der Waals surface area contributed by atoms with Gasteiger partial charge in [-0.2, -0.15) is 0 Å². The normalized spacial score (nSPS) is 15.0. The van der Waals surface area contributed by atoms with Crippen LogP contribution in [0.4, 0.5) is 0 Å². The van der Waals surface area contributed by atoms with Gasteiger partial charge in [-0.05, 0) is 27.7 Å². The van der Waals surface area contributed by atoms with E-state index < -0.39 is 12.2 Å². The first-order valence-corrected chi connectivity index (χ1v) is 10.9. The Morgan fingerprint density at radius 3 is 2.31 bits per heavy atom. The fourth-order valence-electron chi connectivity index (χ4n) is 2.85. The maximum absolute atomic E-state index is 11.5. The first-order chi connectivity index (χ1) is 13.9. The summed E-state index contributed by atoms with van der Waals surface area (Å²) in [6, 6.07) is 0. The van der Waals surface area contributed by atoms with E-state index in [9.17, 15) is 14.7 Å². The van der Waals surface area contributed by atoms with Gasteiger partial charge >= 0.3 is 11.9 Å². The lowest BCUT2D eigenvalue weighted by Gasteiger charge is -2.06. The molecule has 9 nitrogen and oxygen atoms in total. The molecule has 0 saturated heterocycles. The van der Waals surface area contributed by atoms with Gasteiger partial charge in [-0.25, -0.2) is 19.6 Å². The van der Waals surface area contributed by atoms with Gasteiger partial charge in [0.15, 0.2) is 21.5 Å². The van der Waals surface area contributed by atoms with Crippen molar-refractivity contribution in [1.82, 2.24) is 18.9 Å². The van der Waals surface area contributed by atoms with Gasteiger partial charge in [-0.3, -0.25) is 8.97 Å². The molecule has 29 heavy (non-hydrogen) atoms. The number of hydrogen-bond donors (Lipinski definition) is 1. The summed E-state index contributed by atoms with van der Waals surface area (Å²) in [4.78, 5) is 32.1. The zero-order chi connectivity index (χ0) is 21.1. The van der Waals surface area contributed by atoms with Crippen LogP contribution in [0.25, 0.3) is 4.96 Å². The van der Waals surface area contributed by atoms with Crippen LogP contribution in [0.15, 0.2) is 16.7 Å². The van der Waals surface area contributed by atoms with Crippen LogP contribution in [-0.4, -0.2) is 54.9 Å². The zero-order valence-electron chi connectivity index (χ0n) is 16.5. The Balaban J connectivity index is 0.000000166. The van der Waals surface area contributed by atoms with Crippen LogP contribution in [0.5, 0.6) is 0 Å². The Morgan fingerprint density at radius 1 is 1.14 bits per heavy atom. The summed E-state index contributed by atoms with van der Waals surface area (Å²) < 4.78 is 13.3. The predicted octanol–water partition coefficient (Wildman–Crippen LogP) is 2.85. The summed E-state index contributed by atoms with van der Waals surface area (Å²) in [6.45, 7) is 7.86. The van der Waals surface area contributed by atoms with Gasteiger partial charge < -0.3 is 14.6 Å². The number of hydrogen-bond acceptors (Lipinski definition) is 9. The number of thiazole rings is 1. The standard InChI is InChI=1S/C9H12N2O3S.C9H10N2O2S/c1-3-14-8(13)7-5(2)11-6(12)4-15-9(11)10-7;1-3-13-8(12)7-6(2)11-4-5-14-9(11)10-7/h6,12H,3-4H2,1-2H3;4-5H,3H2,1-2H3. The van der Waals surface area contributed by atoms with Crippen molar-refractivity contribution >= 4 is 40.0 Å². The zero-order valence-corrected chi connectivity index (χ0v) is 18.2. The predicted molar refractivity (Wildman–Crippen MR) is 109 cm³/mol. The van der Waals surface area contributed by atoms with Crippen molar-refractivity contribution in [2.75, 3.05) is 19.0 Å². The molecule has 0 saturated carbocycles. The minimum atomic E-state index is -0.583. The smallest absolute Gasteiger partial charge is 0.358 e. The Kier molecular flexibility index (Phi) is 6.60. The Morgan fingerprint density at radius 2 is 1.76 bits per heavy atom. The van der Waals surface area contributed by atoms with Crippen LogP contribution >= 0.6 is 23.1 Å². The quantitative estimate of drug-likeness (QED) is 0.620. The highest BCUT2D eigenvalue weighted by Crippen LogP contribution is 2.33. The molecule has 0 fully saturated rings. The summed E-state index contributed by atoms with van der Waals surface area (Å²) >= 11 is 2.94. The molecule has 1 atom stereocenters. The maximum Gasteiger partial charge on any atom is 0.358 e. The molecular formula is C18H22N4O5S2. The van der Waals surface area contributed by atoms with Crippen molar-refractivity contribution in [3.8, 4) is 0 Å². The number of imidazole rings is 2. The van der Waals surface area contributed by atoms with Gasteiger partial charge in [0.2, 0.25) is 0 Å². The molecule has 0 spiro atoms. The SMILES string of the molecule is CCOC(=O)c1nc2n(c1C)C(O)CS2.CCOC(=O)c1nc2sccn2c1C. The highest BCUT2D eigenvalue weighted by Gasteiger charge is 2.29. The molecule has 4 rings (SSSR count). The van der Waals surface area contributed by atoms with Crippen LogP contribution in [-0.2, 0) is 9.47 Å². The Hall–Kier alpha value is -2.37. The highest BCUT2D eigenvalue weighted by molar-refractivity contribution is 7.99. The van der Waals surface area contributed by atoms with Crippen LogP contribution in [0.3, 0.4) is 0 Å². The molecule has 11 heteroatoms. The number of aliphatic hydroxyl groups is 1. The topological polar surface area (TPSA) is 108 Å². The summed E-state index contributed by atoms with van der Waals surface area (Å²) in [5.74, 6) is -0.183. The van der Waals surface area contributed by atoms with Gasteiger partial charge in [0.25, 0.3) is 0 Å². The number of rotatable bonds is 4. The average molecular weight is 439 g/mol. The molecular weight excluding hydrogens is 416 g/mol. The van der Waals surface area contributed by atoms with E-state index >= 15 is 0 Å². The second-order valence-corrected chi connectivity index (χ2v) is 7.89. The summed E-state index contributed by atoms with van der Waals surface area (Å²) in [5.41, 5.74) is 2.22. The van der Waals surface area contributed by atoms with Crippen molar-refractivity contribution in [3.05, 3.63) is 34.4 Å². The average Bonchev–Trinajstić information content (AvgIpc) is 3.42. The summed E-state index contributed by atoms with van der Waals surface area (Å²) in [5, 5.41) is 12.3. The first kappa shape index (κ1) is 21.3. The number of aryl methyl sites for hydroxylation is 1. The van der Waals surface area contributed by atoms with E-state index in [0.717, 1.165) is 10.7 Å². The second-order valence-electron chi connectivity index (χ2n) is 6.03. The lowest BCUT2D eigenvalue weighted by Crippen LogP contribution is -2.11. The number of ether oxygens (including phenoxy) is 2. The van der Waals surface area contributed by atoms with Crippen LogP contribution in [0, 0.1) is 13.8 Å². The molecule has 1 aliphatic rings. The van der Waals surface area contributed by atoms with Crippen LogP contribution in [0.2, 0.25) is 0 Å². The van der Waals surface area contributed by atoms with Crippen molar-refractivity contribution in [1.29, 1.82) is 0 Å². The van der Waals surface area contributed by atoms with E-state index in [-0.39, 0.29) is 5.97 Å². The lowest BCUT2D eigenvalue weighted by molar-refractivity contribution is 0.0509. The third-order valence-corrected chi connectivity index (χ3v) is 5.98. The number of thioether (sulfide) groups is 1. The van der Waals surface area contributed by atoms with Gasteiger partial charge in [-0.15, -0.1) is 11.3 Å². The molecule has 0 aliphatic carbocycles.